The third-order valence-corrected chi connectivity index (χ3v) is 2.86. The molecule has 1 saturated heterocycles. The minimum atomic E-state index is -0.528. The summed E-state index contributed by atoms with van der Waals surface area (Å²) in [5.41, 5.74) is 0.369. The second-order valence-corrected chi connectivity index (χ2v) is 4.31. The maximum Gasteiger partial charge on any atom is 0.341 e. The summed E-state index contributed by atoms with van der Waals surface area (Å²) in [6, 6.07) is 6.86. The van der Waals surface area contributed by atoms with Crippen molar-refractivity contribution in [3.63, 3.8) is 0 Å². The SMILES string of the molecule is CCOC(=O)c1ccccc1OC1CC(O)CCO1. The number of hydrogen-bond donors (Lipinski definition) is 1. The van der Waals surface area contributed by atoms with Gasteiger partial charge in [-0.2, -0.15) is 0 Å². The van der Waals surface area contributed by atoms with E-state index < -0.39 is 18.4 Å². The van der Waals surface area contributed by atoms with E-state index in [1.54, 1.807) is 31.2 Å². The minimum absolute atomic E-state index is 0.311. The molecule has 0 radical (unpaired) electrons. The first-order chi connectivity index (χ1) is 9.20. The van der Waals surface area contributed by atoms with Crippen LogP contribution in [0.4, 0.5) is 0 Å². The normalized spacial score (nSPS) is 22.8. The molecule has 1 aromatic rings. The van der Waals surface area contributed by atoms with Crippen molar-refractivity contribution in [2.45, 2.75) is 32.2 Å². The highest BCUT2D eigenvalue weighted by Gasteiger charge is 2.24. The summed E-state index contributed by atoms with van der Waals surface area (Å²) in [6.07, 6.45) is 0.0594. The third-order valence-electron chi connectivity index (χ3n) is 2.86. The van der Waals surface area contributed by atoms with E-state index in [1.165, 1.54) is 0 Å². The summed E-state index contributed by atoms with van der Waals surface area (Å²) < 4.78 is 16.0. The van der Waals surface area contributed by atoms with Gasteiger partial charge in [-0.25, -0.2) is 4.79 Å². The van der Waals surface area contributed by atoms with E-state index in [2.05, 4.69) is 0 Å². The Labute approximate surface area is 112 Å². The van der Waals surface area contributed by atoms with Gasteiger partial charge in [0.25, 0.3) is 0 Å². The molecule has 1 heterocycles. The second kappa shape index (κ2) is 6.54. The number of carbonyl (C=O) groups excluding carboxylic acids is 1. The Morgan fingerprint density at radius 3 is 3.00 bits per heavy atom. The molecular formula is C14H18O5. The van der Waals surface area contributed by atoms with Crippen LogP contribution < -0.4 is 4.74 Å². The predicted molar refractivity (Wildman–Crippen MR) is 68.0 cm³/mol. The Morgan fingerprint density at radius 2 is 2.26 bits per heavy atom. The van der Waals surface area contributed by atoms with Crippen LogP contribution in [0.25, 0.3) is 0 Å². The first kappa shape index (κ1) is 13.8. The van der Waals surface area contributed by atoms with Gasteiger partial charge in [0.15, 0.2) is 0 Å². The molecule has 19 heavy (non-hydrogen) atoms. The van der Waals surface area contributed by atoms with E-state index >= 15 is 0 Å². The zero-order chi connectivity index (χ0) is 13.7. The van der Waals surface area contributed by atoms with E-state index in [4.69, 9.17) is 14.2 Å². The van der Waals surface area contributed by atoms with Gasteiger partial charge in [-0.05, 0) is 25.5 Å². The molecule has 0 aliphatic carbocycles. The van der Waals surface area contributed by atoms with Crippen molar-refractivity contribution in [1.29, 1.82) is 0 Å². The molecule has 104 valence electrons. The van der Waals surface area contributed by atoms with Gasteiger partial charge in [0.2, 0.25) is 6.29 Å². The van der Waals surface area contributed by atoms with Crippen LogP contribution in [0.3, 0.4) is 0 Å². The molecule has 2 unspecified atom stereocenters. The highest BCUT2D eigenvalue weighted by atomic mass is 16.7. The lowest BCUT2D eigenvalue weighted by atomic mass is 10.1. The van der Waals surface area contributed by atoms with Gasteiger partial charge in [0.1, 0.15) is 11.3 Å². The monoisotopic (exact) mass is 266 g/mol. The lowest BCUT2D eigenvalue weighted by Crippen LogP contribution is -2.33. The zero-order valence-electron chi connectivity index (χ0n) is 10.9. The summed E-state index contributed by atoms with van der Waals surface area (Å²) in [6.45, 7) is 2.52. The third kappa shape index (κ3) is 3.68. The molecule has 5 heteroatoms. The number of carbonyl (C=O) groups is 1. The molecule has 1 N–H and O–H groups in total. The highest BCUT2D eigenvalue weighted by molar-refractivity contribution is 5.92. The summed E-state index contributed by atoms with van der Waals surface area (Å²) in [7, 11) is 0. The molecule has 2 atom stereocenters. The zero-order valence-corrected chi connectivity index (χ0v) is 10.9. The molecule has 1 aliphatic rings. The van der Waals surface area contributed by atoms with Crippen LogP contribution in [0.2, 0.25) is 0 Å². The van der Waals surface area contributed by atoms with E-state index in [1.807, 2.05) is 0 Å². The molecule has 0 bridgehead atoms. The number of para-hydroxylation sites is 1. The number of benzene rings is 1. The maximum absolute atomic E-state index is 11.8. The molecule has 0 saturated carbocycles. The molecule has 0 amide bonds. The van der Waals surface area contributed by atoms with Crippen molar-refractivity contribution in [2.75, 3.05) is 13.2 Å². The fourth-order valence-corrected chi connectivity index (χ4v) is 1.91. The van der Waals surface area contributed by atoms with Crippen molar-refractivity contribution in [3.05, 3.63) is 29.8 Å². The first-order valence-corrected chi connectivity index (χ1v) is 6.43. The Morgan fingerprint density at radius 1 is 1.47 bits per heavy atom. The molecule has 1 aromatic carbocycles. The second-order valence-electron chi connectivity index (χ2n) is 4.31. The highest BCUT2D eigenvalue weighted by Crippen LogP contribution is 2.24. The summed E-state index contributed by atoms with van der Waals surface area (Å²) in [5, 5.41) is 9.57. The smallest absolute Gasteiger partial charge is 0.341 e. The van der Waals surface area contributed by atoms with Gasteiger partial charge in [0, 0.05) is 6.42 Å². The van der Waals surface area contributed by atoms with Crippen molar-refractivity contribution in [2.24, 2.45) is 0 Å². The molecule has 1 fully saturated rings. The van der Waals surface area contributed by atoms with Gasteiger partial charge in [-0.3, -0.25) is 0 Å². The van der Waals surface area contributed by atoms with Gasteiger partial charge < -0.3 is 19.3 Å². The number of aliphatic hydroxyl groups is 1. The van der Waals surface area contributed by atoms with Crippen LogP contribution in [0.1, 0.15) is 30.1 Å². The van der Waals surface area contributed by atoms with Gasteiger partial charge in [-0.15, -0.1) is 0 Å². The quantitative estimate of drug-likeness (QED) is 0.841. The predicted octanol–water partition coefficient (Wildman–Crippen LogP) is 1.74. The number of hydrogen-bond acceptors (Lipinski definition) is 5. The van der Waals surface area contributed by atoms with E-state index in [0.717, 1.165) is 0 Å². The summed E-state index contributed by atoms with van der Waals surface area (Å²) >= 11 is 0. The molecule has 1 aliphatic heterocycles. The Hall–Kier alpha value is -1.59. The lowest BCUT2D eigenvalue weighted by molar-refractivity contribution is -0.137. The maximum atomic E-state index is 11.8. The molecule has 5 nitrogen and oxygen atoms in total. The summed E-state index contributed by atoms with van der Waals surface area (Å²) in [4.78, 5) is 11.8. The van der Waals surface area contributed by atoms with Crippen molar-refractivity contribution in [3.8, 4) is 5.75 Å². The topological polar surface area (TPSA) is 65.0 Å². The Bertz CT molecular complexity index is 432. The number of ether oxygens (including phenoxy) is 3. The van der Waals surface area contributed by atoms with E-state index in [-0.39, 0.29) is 0 Å². The molecular weight excluding hydrogens is 248 g/mol. The van der Waals surface area contributed by atoms with Gasteiger partial charge in [0.05, 0.1) is 19.3 Å². The van der Waals surface area contributed by atoms with Crippen LogP contribution in [-0.2, 0) is 9.47 Å². The van der Waals surface area contributed by atoms with Gasteiger partial charge in [-0.1, -0.05) is 12.1 Å². The standard InChI is InChI=1S/C14H18O5/c1-2-17-14(16)11-5-3-4-6-12(11)19-13-9-10(15)7-8-18-13/h3-6,10,13,15H,2,7-9H2,1H3. The fourth-order valence-electron chi connectivity index (χ4n) is 1.91. The van der Waals surface area contributed by atoms with Crippen LogP contribution in [0.15, 0.2) is 24.3 Å². The first-order valence-electron chi connectivity index (χ1n) is 6.43. The Balaban J connectivity index is 2.09. The van der Waals surface area contributed by atoms with Crippen LogP contribution in [-0.4, -0.2) is 36.7 Å². The molecule has 0 spiro atoms. The Kier molecular flexibility index (Phi) is 4.76. The molecule has 2 rings (SSSR count). The average Bonchev–Trinajstić information content (AvgIpc) is 2.39. The number of esters is 1. The fraction of sp³-hybridized carbons (Fsp3) is 0.500. The van der Waals surface area contributed by atoms with Crippen molar-refractivity contribution < 1.29 is 24.1 Å². The van der Waals surface area contributed by atoms with Crippen LogP contribution >= 0.6 is 0 Å². The minimum Gasteiger partial charge on any atom is -0.464 e. The number of aliphatic hydroxyl groups excluding tert-OH is 1. The van der Waals surface area contributed by atoms with E-state index in [9.17, 15) is 9.90 Å². The van der Waals surface area contributed by atoms with Gasteiger partial charge >= 0.3 is 5.97 Å². The van der Waals surface area contributed by atoms with E-state index in [0.29, 0.717) is 37.4 Å². The van der Waals surface area contributed by atoms with Crippen LogP contribution in [0.5, 0.6) is 5.75 Å². The average molecular weight is 266 g/mol. The molecule has 0 aromatic heterocycles. The van der Waals surface area contributed by atoms with Crippen LogP contribution in [0, 0.1) is 0 Å². The largest absolute Gasteiger partial charge is 0.464 e. The summed E-state index contributed by atoms with van der Waals surface area (Å²) in [5.74, 6) is -0.00509. The van der Waals surface area contributed by atoms with Crippen molar-refractivity contribution in [1.82, 2.24) is 0 Å². The van der Waals surface area contributed by atoms with Crippen molar-refractivity contribution >= 4 is 5.97 Å². The number of rotatable bonds is 4. The lowest BCUT2D eigenvalue weighted by Gasteiger charge is -2.27.